The summed E-state index contributed by atoms with van der Waals surface area (Å²) in [4.78, 5) is 43.0. The van der Waals surface area contributed by atoms with Crippen molar-refractivity contribution in [1.29, 1.82) is 0 Å². The van der Waals surface area contributed by atoms with Crippen LogP contribution in [-0.2, 0) is 4.79 Å². The lowest BCUT2D eigenvalue weighted by atomic mass is 10.1. The first-order valence-electron chi connectivity index (χ1n) is 13.2. The smallest absolute Gasteiger partial charge is 0.294 e. The van der Waals surface area contributed by atoms with Gasteiger partial charge in [0.1, 0.15) is 10.7 Å². The van der Waals surface area contributed by atoms with E-state index in [1.165, 1.54) is 6.20 Å². The third kappa shape index (κ3) is 6.29. The molecule has 0 bridgehead atoms. The zero-order valence-corrected chi connectivity index (χ0v) is 24.5. The summed E-state index contributed by atoms with van der Waals surface area (Å²) >= 11 is 6.43. The molecule has 0 spiro atoms. The minimum Gasteiger partial charge on any atom is -0.478 e. The lowest BCUT2D eigenvalue weighted by molar-refractivity contribution is -0.136. The summed E-state index contributed by atoms with van der Waals surface area (Å²) in [6.07, 6.45) is 3.12. The molecule has 3 aromatic heterocycles. The third-order valence-electron chi connectivity index (χ3n) is 6.90. The number of rotatable bonds is 8. The number of aliphatic hydroxyl groups excluding tert-OH is 1. The van der Waals surface area contributed by atoms with E-state index in [2.05, 4.69) is 25.6 Å². The molecule has 1 aliphatic rings. The molecule has 1 aliphatic heterocycles. The van der Waals surface area contributed by atoms with Crippen molar-refractivity contribution in [3.8, 4) is 5.75 Å². The second-order valence-electron chi connectivity index (χ2n) is 11.1. The lowest BCUT2D eigenvalue weighted by Crippen LogP contribution is -2.53. The number of anilines is 3. The Labute approximate surface area is 238 Å². The van der Waals surface area contributed by atoms with Crippen molar-refractivity contribution in [1.82, 2.24) is 29.7 Å². The number of halogens is 1. The second kappa shape index (κ2) is 11.9. The topological polar surface area (TPSA) is 138 Å². The van der Waals surface area contributed by atoms with Crippen molar-refractivity contribution < 1.29 is 14.6 Å². The standard InChI is InChI=1S/C27H37ClN8O4/c1-16(2)36-24-17(10-21(25(36)39)40-15-22(38)34(6)27(3,4)5)9-18(11-30-24)32-23-20(28)13-31-26(33-23)35-8-7-29-12-19(35)14-37/h9-11,13,16,19,29,37H,7-8,12,14-15H2,1-6H3,(H,31,32,33)/t19-/m1/s1. The number of aromatic nitrogens is 4. The van der Waals surface area contributed by atoms with E-state index in [-0.39, 0.29) is 48.1 Å². The summed E-state index contributed by atoms with van der Waals surface area (Å²) in [7, 11) is 1.70. The number of ether oxygens (including phenoxy) is 1. The number of amides is 1. The van der Waals surface area contributed by atoms with Crippen LogP contribution in [0.2, 0.25) is 5.02 Å². The Balaban J connectivity index is 1.65. The molecule has 40 heavy (non-hydrogen) atoms. The van der Waals surface area contributed by atoms with Crippen LogP contribution in [0, 0.1) is 0 Å². The summed E-state index contributed by atoms with van der Waals surface area (Å²) in [5, 5.41) is 17.2. The van der Waals surface area contributed by atoms with Crippen molar-refractivity contribution in [2.75, 3.05) is 50.1 Å². The van der Waals surface area contributed by atoms with Crippen LogP contribution in [0.3, 0.4) is 0 Å². The largest absolute Gasteiger partial charge is 0.478 e. The van der Waals surface area contributed by atoms with Gasteiger partial charge in [0.2, 0.25) is 5.95 Å². The summed E-state index contributed by atoms with van der Waals surface area (Å²) in [6, 6.07) is 3.07. The number of piperazine rings is 1. The van der Waals surface area contributed by atoms with Crippen LogP contribution in [0.4, 0.5) is 17.5 Å². The highest BCUT2D eigenvalue weighted by Crippen LogP contribution is 2.28. The maximum Gasteiger partial charge on any atom is 0.294 e. The molecule has 216 valence electrons. The van der Waals surface area contributed by atoms with Gasteiger partial charge in [-0.15, -0.1) is 0 Å². The molecule has 0 aliphatic carbocycles. The fourth-order valence-electron chi connectivity index (χ4n) is 4.37. The molecule has 12 nitrogen and oxygen atoms in total. The van der Waals surface area contributed by atoms with Gasteiger partial charge in [-0.2, -0.15) is 4.98 Å². The third-order valence-corrected chi connectivity index (χ3v) is 7.18. The van der Waals surface area contributed by atoms with Gasteiger partial charge < -0.3 is 30.3 Å². The van der Waals surface area contributed by atoms with Crippen molar-refractivity contribution in [3.05, 3.63) is 39.9 Å². The van der Waals surface area contributed by atoms with Crippen LogP contribution in [0.15, 0.2) is 29.3 Å². The molecule has 0 aromatic carbocycles. The van der Waals surface area contributed by atoms with E-state index in [1.54, 1.807) is 28.8 Å². The molecule has 4 heterocycles. The maximum absolute atomic E-state index is 13.3. The van der Waals surface area contributed by atoms with Crippen molar-refractivity contribution in [2.24, 2.45) is 0 Å². The number of carbonyl (C=O) groups is 1. The van der Waals surface area contributed by atoms with Gasteiger partial charge in [0.25, 0.3) is 11.5 Å². The molecule has 1 amide bonds. The van der Waals surface area contributed by atoms with Gasteiger partial charge in [-0.05, 0) is 46.8 Å². The fraction of sp³-hybridized carbons (Fsp3) is 0.519. The Morgan fingerprint density at radius 1 is 1.30 bits per heavy atom. The van der Waals surface area contributed by atoms with Crippen molar-refractivity contribution >= 4 is 46.0 Å². The molecule has 0 unspecified atom stereocenters. The Morgan fingerprint density at radius 2 is 2.05 bits per heavy atom. The van der Waals surface area contributed by atoms with Gasteiger partial charge in [0.05, 0.1) is 30.7 Å². The molecule has 4 rings (SSSR count). The molecule has 13 heteroatoms. The highest BCUT2D eigenvalue weighted by Gasteiger charge is 2.25. The van der Waals surface area contributed by atoms with E-state index in [4.69, 9.17) is 16.3 Å². The monoisotopic (exact) mass is 572 g/mol. The van der Waals surface area contributed by atoms with Crippen LogP contribution in [0.5, 0.6) is 5.75 Å². The van der Waals surface area contributed by atoms with E-state index in [1.807, 2.05) is 45.6 Å². The zero-order chi connectivity index (χ0) is 29.2. The predicted molar refractivity (Wildman–Crippen MR) is 156 cm³/mol. The first-order chi connectivity index (χ1) is 18.9. The van der Waals surface area contributed by atoms with E-state index >= 15 is 0 Å². The Hall–Kier alpha value is -3.48. The molecule has 0 saturated carbocycles. The number of likely N-dealkylation sites (N-methyl/N-ethyl adjacent to an activating group) is 1. The molecule has 3 N–H and O–H groups in total. The normalized spacial score (nSPS) is 15.9. The highest BCUT2D eigenvalue weighted by molar-refractivity contribution is 6.32. The van der Waals surface area contributed by atoms with Crippen LogP contribution in [-0.4, -0.2) is 86.9 Å². The number of nitrogens with zero attached hydrogens (tertiary/aromatic N) is 6. The Morgan fingerprint density at radius 3 is 2.73 bits per heavy atom. The van der Waals surface area contributed by atoms with Gasteiger partial charge in [0, 0.05) is 43.6 Å². The zero-order valence-electron chi connectivity index (χ0n) is 23.7. The summed E-state index contributed by atoms with van der Waals surface area (Å²) in [5.41, 5.74) is 0.330. The summed E-state index contributed by atoms with van der Waals surface area (Å²) < 4.78 is 7.29. The first-order valence-corrected chi connectivity index (χ1v) is 13.6. The fourth-order valence-corrected chi connectivity index (χ4v) is 4.51. The van der Waals surface area contributed by atoms with Crippen LogP contribution < -0.4 is 25.8 Å². The van der Waals surface area contributed by atoms with Gasteiger partial charge in [-0.3, -0.25) is 14.2 Å². The molecular weight excluding hydrogens is 536 g/mol. The van der Waals surface area contributed by atoms with Crippen LogP contribution in [0.25, 0.3) is 11.0 Å². The second-order valence-corrected chi connectivity index (χ2v) is 11.5. The molecule has 3 aromatic rings. The van der Waals surface area contributed by atoms with Crippen molar-refractivity contribution in [2.45, 2.75) is 52.2 Å². The maximum atomic E-state index is 13.3. The van der Waals surface area contributed by atoms with Gasteiger partial charge in [-0.1, -0.05) is 11.6 Å². The predicted octanol–water partition coefficient (Wildman–Crippen LogP) is 2.57. The van der Waals surface area contributed by atoms with E-state index < -0.39 is 0 Å². The number of aliphatic hydroxyl groups is 1. The van der Waals surface area contributed by atoms with E-state index in [0.717, 1.165) is 6.54 Å². The van der Waals surface area contributed by atoms with Gasteiger partial charge in [0.15, 0.2) is 18.2 Å². The SMILES string of the molecule is CC(C)n1c(=O)c(OCC(=O)N(C)C(C)(C)C)cc2cc(Nc3nc(N4CCNC[C@@H]4CO)ncc3Cl)cnc21. The number of pyridine rings is 2. The molecule has 0 radical (unpaired) electrons. The van der Waals surface area contributed by atoms with E-state index in [0.29, 0.717) is 46.6 Å². The quantitative estimate of drug-likeness (QED) is 0.369. The molecule has 1 atom stereocenters. The summed E-state index contributed by atoms with van der Waals surface area (Å²) in [6.45, 7) is 11.3. The average molecular weight is 573 g/mol. The van der Waals surface area contributed by atoms with Crippen molar-refractivity contribution in [3.63, 3.8) is 0 Å². The van der Waals surface area contributed by atoms with Gasteiger partial charge >= 0.3 is 0 Å². The number of nitrogens with one attached hydrogen (secondary N) is 2. The minimum atomic E-state index is -0.377. The van der Waals surface area contributed by atoms with Crippen LogP contribution in [0.1, 0.15) is 40.7 Å². The molecular formula is C27H37ClN8O4. The van der Waals surface area contributed by atoms with E-state index in [9.17, 15) is 14.7 Å². The summed E-state index contributed by atoms with van der Waals surface area (Å²) in [5.74, 6) is 0.661. The minimum absolute atomic E-state index is 0.0314. The first kappa shape index (κ1) is 29.5. The molecule has 1 saturated heterocycles. The number of carbonyl (C=O) groups excluding carboxylic acids is 1. The molecule has 1 fully saturated rings. The Bertz CT molecular complexity index is 1440. The average Bonchev–Trinajstić information content (AvgIpc) is 2.91. The van der Waals surface area contributed by atoms with Crippen LogP contribution >= 0.6 is 11.6 Å². The lowest BCUT2D eigenvalue weighted by Gasteiger charge is -2.35. The highest BCUT2D eigenvalue weighted by atomic mass is 35.5. The Kier molecular flexibility index (Phi) is 8.81. The number of hydrogen-bond acceptors (Lipinski definition) is 10. The number of hydrogen-bond donors (Lipinski definition) is 3. The number of fused-ring (bicyclic) bond motifs is 1. The van der Waals surface area contributed by atoms with Gasteiger partial charge in [-0.25, -0.2) is 9.97 Å².